The predicted octanol–water partition coefficient (Wildman–Crippen LogP) is 4.75. The van der Waals surface area contributed by atoms with Crippen LogP contribution >= 0.6 is 23.1 Å². The highest BCUT2D eigenvalue weighted by molar-refractivity contribution is 7.98. The highest BCUT2D eigenvalue weighted by Gasteiger charge is 2.20. The summed E-state index contributed by atoms with van der Waals surface area (Å²) < 4.78 is 2.17. The topological polar surface area (TPSA) is 85.8 Å². The summed E-state index contributed by atoms with van der Waals surface area (Å²) in [6, 6.07) is 10.3. The third kappa shape index (κ3) is 4.24. The molecule has 1 aliphatic heterocycles. The minimum atomic E-state index is 0.558. The number of thiophene rings is 1. The molecule has 0 saturated carbocycles. The largest absolute Gasteiger partial charge is 0.383 e. The maximum atomic E-state index is 6.28. The Bertz CT molecular complexity index is 1230. The van der Waals surface area contributed by atoms with E-state index in [4.69, 9.17) is 10.7 Å². The van der Waals surface area contributed by atoms with Crippen LogP contribution in [-0.2, 0) is 12.3 Å². The molecule has 9 heteroatoms. The van der Waals surface area contributed by atoms with E-state index in [1.165, 1.54) is 29.7 Å². The van der Waals surface area contributed by atoms with E-state index >= 15 is 0 Å². The molecule has 7 nitrogen and oxygen atoms in total. The lowest BCUT2D eigenvalue weighted by Gasteiger charge is -2.26. The Morgan fingerprint density at radius 1 is 1.03 bits per heavy atom. The van der Waals surface area contributed by atoms with Crippen LogP contribution in [-0.4, -0.2) is 42.7 Å². The van der Waals surface area contributed by atoms with E-state index in [1.54, 1.807) is 23.1 Å². The SMILES string of the molecule is Cc1sc2nc(CSc3nnc(CN4CCCCC4)n3-c3ccccc3)nc(N)c2c1C. The maximum Gasteiger partial charge on any atom is 0.196 e. The first-order chi connectivity index (χ1) is 15.6. The van der Waals surface area contributed by atoms with Crippen LogP contribution in [0.5, 0.6) is 0 Å². The summed E-state index contributed by atoms with van der Waals surface area (Å²) >= 11 is 3.27. The first kappa shape index (κ1) is 21.4. The lowest BCUT2D eigenvalue weighted by molar-refractivity contribution is 0.214. The molecule has 32 heavy (non-hydrogen) atoms. The highest BCUT2D eigenvalue weighted by Crippen LogP contribution is 2.33. The van der Waals surface area contributed by atoms with E-state index in [0.29, 0.717) is 11.6 Å². The first-order valence-corrected chi connectivity index (χ1v) is 12.8. The molecule has 1 aromatic carbocycles. The Hall–Kier alpha value is -2.49. The minimum Gasteiger partial charge on any atom is -0.383 e. The number of para-hydroxylation sites is 1. The monoisotopic (exact) mass is 465 g/mol. The molecule has 0 radical (unpaired) electrons. The van der Waals surface area contributed by atoms with Crippen LogP contribution in [0.15, 0.2) is 35.5 Å². The first-order valence-electron chi connectivity index (χ1n) is 11.0. The number of fused-ring (bicyclic) bond motifs is 1. The van der Waals surface area contributed by atoms with E-state index < -0.39 is 0 Å². The van der Waals surface area contributed by atoms with E-state index in [1.807, 2.05) is 18.2 Å². The van der Waals surface area contributed by atoms with Gasteiger partial charge in [-0.2, -0.15) is 0 Å². The molecule has 0 spiro atoms. The summed E-state index contributed by atoms with van der Waals surface area (Å²) in [6.07, 6.45) is 3.83. The van der Waals surface area contributed by atoms with Crippen LogP contribution in [0.4, 0.5) is 5.82 Å². The number of hydrogen-bond donors (Lipinski definition) is 1. The molecule has 2 N–H and O–H groups in total. The number of hydrogen-bond acceptors (Lipinski definition) is 8. The number of likely N-dealkylation sites (tertiary alicyclic amines) is 1. The Kier molecular flexibility index (Phi) is 6.12. The molecular formula is C23H27N7S2. The third-order valence-corrected chi connectivity index (χ3v) is 7.99. The normalized spacial score (nSPS) is 14.9. The van der Waals surface area contributed by atoms with Gasteiger partial charge in [0.15, 0.2) is 11.0 Å². The van der Waals surface area contributed by atoms with Gasteiger partial charge in [0.2, 0.25) is 0 Å². The van der Waals surface area contributed by atoms with E-state index in [9.17, 15) is 0 Å². The van der Waals surface area contributed by atoms with Crippen molar-refractivity contribution in [3.8, 4) is 5.69 Å². The molecule has 0 aliphatic carbocycles. The summed E-state index contributed by atoms with van der Waals surface area (Å²) in [5.74, 6) is 2.84. The average molecular weight is 466 g/mol. The van der Waals surface area contributed by atoms with Crippen molar-refractivity contribution in [2.24, 2.45) is 0 Å². The van der Waals surface area contributed by atoms with Gasteiger partial charge < -0.3 is 5.73 Å². The summed E-state index contributed by atoms with van der Waals surface area (Å²) in [6.45, 7) is 7.23. The van der Waals surface area contributed by atoms with Crippen molar-refractivity contribution in [2.75, 3.05) is 18.8 Å². The molecule has 0 bridgehead atoms. The Balaban J connectivity index is 1.42. The molecule has 0 unspecified atom stereocenters. The quantitative estimate of drug-likeness (QED) is 0.411. The second-order valence-corrected chi connectivity index (χ2v) is 10.3. The molecule has 5 rings (SSSR count). The lowest BCUT2D eigenvalue weighted by Crippen LogP contribution is -2.30. The molecule has 1 aliphatic rings. The number of anilines is 1. The number of nitrogens with zero attached hydrogens (tertiary/aromatic N) is 6. The van der Waals surface area contributed by atoms with Gasteiger partial charge in [0.25, 0.3) is 0 Å². The van der Waals surface area contributed by atoms with E-state index in [0.717, 1.165) is 52.3 Å². The van der Waals surface area contributed by atoms with Gasteiger partial charge in [-0.3, -0.25) is 9.47 Å². The van der Waals surface area contributed by atoms with Gasteiger partial charge in [-0.15, -0.1) is 21.5 Å². The Morgan fingerprint density at radius 3 is 2.59 bits per heavy atom. The fourth-order valence-electron chi connectivity index (χ4n) is 4.17. The fourth-order valence-corrected chi connectivity index (χ4v) is 6.05. The van der Waals surface area contributed by atoms with Gasteiger partial charge in [0.1, 0.15) is 16.5 Å². The zero-order chi connectivity index (χ0) is 22.1. The van der Waals surface area contributed by atoms with Gasteiger partial charge >= 0.3 is 0 Å². The van der Waals surface area contributed by atoms with Crippen LogP contribution < -0.4 is 5.73 Å². The molecule has 4 aromatic rings. The summed E-state index contributed by atoms with van der Waals surface area (Å²) in [4.78, 5) is 14.0. The lowest BCUT2D eigenvalue weighted by atomic mass is 10.1. The van der Waals surface area contributed by atoms with Crippen LogP contribution in [0.25, 0.3) is 15.9 Å². The van der Waals surface area contributed by atoms with Gasteiger partial charge in [-0.1, -0.05) is 36.4 Å². The number of rotatable bonds is 6. The summed E-state index contributed by atoms with van der Waals surface area (Å²) in [5.41, 5.74) is 8.53. The molecule has 1 saturated heterocycles. The molecule has 1 fully saturated rings. The zero-order valence-corrected chi connectivity index (χ0v) is 20.0. The molecular weight excluding hydrogens is 438 g/mol. The van der Waals surface area contributed by atoms with Crippen molar-refractivity contribution >= 4 is 39.1 Å². The minimum absolute atomic E-state index is 0.558. The smallest absolute Gasteiger partial charge is 0.196 e. The van der Waals surface area contributed by atoms with Crippen molar-refractivity contribution in [3.63, 3.8) is 0 Å². The van der Waals surface area contributed by atoms with Crippen molar-refractivity contribution in [1.29, 1.82) is 0 Å². The Morgan fingerprint density at radius 2 is 1.81 bits per heavy atom. The van der Waals surface area contributed by atoms with Crippen molar-refractivity contribution < 1.29 is 0 Å². The highest BCUT2D eigenvalue weighted by atomic mass is 32.2. The number of aromatic nitrogens is 5. The third-order valence-electron chi connectivity index (χ3n) is 5.96. The standard InChI is InChI=1S/C23H27N7S2/c1-15-16(2)32-22-20(15)21(24)25-18(26-22)14-31-23-28-27-19(13-29-11-7-4-8-12-29)30(23)17-9-5-3-6-10-17/h3,5-6,9-10H,4,7-8,11-14H2,1-2H3,(H2,24,25,26). The predicted molar refractivity (Wildman–Crippen MR) is 131 cm³/mol. The van der Waals surface area contributed by atoms with Gasteiger partial charge in [-0.05, 0) is 57.5 Å². The maximum absolute atomic E-state index is 6.28. The summed E-state index contributed by atoms with van der Waals surface area (Å²) in [7, 11) is 0. The summed E-state index contributed by atoms with van der Waals surface area (Å²) in [5, 5.41) is 10.9. The van der Waals surface area contributed by atoms with Crippen LogP contribution in [0.1, 0.15) is 41.4 Å². The molecule has 3 aromatic heterocycles. The molecule has 0 amide bonds. The molecule has 0 atom stereocenters. The van der Waals surface area contributed by atoms with Gasteiger partial charge in [0, 0.05) is 10.6 Å². The number of piperidine rings is 1. The fraction of sp³-hybridized carbons (Fsp3) is 0.391. The van der Waals surface area contributed by atoms with E-state index in [-0.39, 0.29) is 0 Å². The number of benzene rings is 1. The van der Waals surface area contributed by atoms with E-state index in [2.05, 4.69) is 50.6 Å². The Labute approximate surface area is 196 Å². The number of nitrogens with two attached hydrogens (primary N) is 1. The van der Waals surface area contributed by atoms with Crippen molar-refractivity contribution in [2.45, 2.75) is 50.6 Å². The average Bonchev–Trinajstić information content (AvgIpc) is 3.33. The van der Waals surface area contributed by atoms with Crippen molar-refractivity contribution in [1.82, 2.24) is 29.6 Å². The van der Waals surface area contributed by atoms with Crippen molar-refractivity contribution in [3.05, 3.63) is 52.4 Å². The number of thioether (sulfide) groups is 1. The van der Waals surface area contributed by atoms with Crippen LogP contribution in [0.3, 0.4) is 0 Å². The van der Waals surface area contributed by atoms with Crippen LogP contribution in [0, 0.1) is 13.8 Å². The zero-order valence-electron chi connectivity index (χ0n) is 18.4. The second-order valence-electron chi connectivity index (χ2n) is 8.18. The van der Waals surface area contributed by atoms with Gasteiger partial charge in [-0.25, -0.2) is 9.97 Å². The molecule has 166 valence electrons. The number of aryl methyl sites for hydroxylation is 2. The number of nitrogen functional groups attached to an aromatic ring is 1. The van der Waals surface area contributed by atoms with Crippen LogP contribution in [0.2, 0.25) is 0 Å². The van der Waals surface area contributed by atoms with Gasteiger partial charge in [0.05, 0.1) is 17.7 Å². The second kappa shape index (κ2) is 9.17. The molecule has 4 heterocycles.